The highest BCUT2D eigenvalue weighted by Crippen LogP contribution is 2.47. The van der Waals surface area contributed by atoms with E-state index < -0.39 is 0 Å². The molecule has 9 heteroatoms. The number of likely N-dealkylation sites (tertiary alicyclic amines) is 1. The molecule has 186 valence electrons. The number of aliphatic imine (C=N–C) groups is 2. The molecule has 1 aromatic heterocycles. The number of pyridine rings is 1. The lowest BCUT2D eigenvalue weighted by molar-refractivity contribution is -0.750. The van der Waals surface area contributed by atoms with Crippen molar-refractivity contribution in [3.63, 3.8) is 0 Å². The van der Waals surface area contributed by atoms with E-state index >= 15 is 0 Å². The van der Waals surface area contributed by atoms with E-state index in [0.717, 1.165) is 42.9 Å². The number of quaternary nitrogens is 1. The van der Waals surface area contributed by atoms with Gasteiger partial charge in [-0.25, -0.2) is 4.98 Å². The van der Waals surface area contributed by atoms with Gasteiger partial charge in [-0.2, -0.15) is 10.8 Å². The van der Waals surface area contributed by atoms with E-state index in [1.54, 1.807) is 36.7 Å². The molecule has 9 nitrogen and oxygen atoms in total. The lowest BCUT2D eigenvalue weighted by atomic mass is 10.00. The molecule has 2 fully saturated rings. The summed E-state index contributed by atoms with van der Waals surface area (Å²) in [6.07, 6.45) is 10.3. The largest absolute Gasteiger partial charge is 0.339 e. The minimum Gasteiger partial charge on any atom is -0.339 e. The Bertz CT molecular complexity index is 1380. The topological polar surface area (TPSA) is 113 Å². The summed E-state index contributed by atoms with van der Waals surface area (Å²) in [4.78, 5) is 40.2. The number of amidine groups is 1. The number of rotatable bonds is 5. The molecule has 1 saturated carbocycles. The third-order valence-corrected chi connectivity index (χ3v) is 7.76. The summed E-state index contributed by atoms with van der Waals surface area (Å²) in [6, 6.07) is 12.7. The number of anilines is 1. The van der Waals surface area contributed by atoms with Crippen LogP contribution >= 0.6 is 0 Å². The van der Waals surface area contributed by atoms with Crippen molar-refractivity contribution < 1.29 is 14.2 Å². The minimum absolute atomic E-state index is 0.00787. The number of nitrogens with two attached hydrogens (primary N) is 1. The second-order valence-corrected chi connectivity index (χ2v) is 9.94. The van der Waals surface area contributed by atoms with Gasteiger partial charge in [0, 0.05) is 30.8 Å². The van der Waals surface area contributed by atoms with E-state index in [9.17, 15) is 9.59 Å². The molecule has 1 aliphatic carbocycles. The highest BCUT2D eigenvalue weighted by atomic mass is 16.2. The Morgan fingerprint density at radius 1 is 1.11 bits per heavy atom. The van der Waals surface area contributed by atoms with Crippen LogP contribution in [0.15, 0.2) is 95.1 Å². The quantitative estimate of drug-likeness (QED) is 0.377. The van der Waals surface area contributed by atoms with Gasteiger partial charge in [0.25, 0.3) is 11.7 Å². The van der Waals surface area contributed by atoms with E-state index in [-0.39, 0.29) is 22.3 Å². The van der Waals surface area contributed by atoms with Gasteiger partial charge >= 0.3 is 0 Å². The highest BCUT2D eigenvalue weighted by Gasteiger charge is 2.50. The van der Waals surface area contributed by atoms with Crippen molar-refractivity contribution in [3.05, 3.63) is 96.2 Å². The first-order valence-electron chi connectivity index (χ1n) is 12.4. The zero-order chi connectivity index (χ0) is 25.6. The van der Waals surface area contributed by atoms with Crippen molar-refractivity contribution in [2.45, 2.75) is 12.8 Å². The maximum absolute atomic E-state index is 12.7. The summed E-state index contributed by atoms with van der Waals surface area (Å²) < 4.78 is -0.0504. The van der Waals surface area contributed by atoms with Crippen LogP contribution in [0.25, 0.3) is 0 Å². The number of nitrogens with one attached hydrogen (secondary N) is 1. The van der Waals surface area contributed by atoms with Gasteiger partial charge in [-0.3, -0.25) is 14.6 Å². The van der Waals surface area contributed by atoms with Crippen LogP contribution in [0.5, 0.6) is 0 Å². The maximum Gasteiger partial charge on any atom is 0.264 e. The van der Waals surface area contributed by atoms with Crippen molar-refractivity contribution in [3.8, 4) is 0 Å². The normalized spacial score (nSPS) is 27.6. The van der Waals surface area contributed by atoms with Crippen molar-refractivity contribution in [2.75, 3.05) is 18.4 Å². The number of benzene rings is 1. The Morgan fingerprint density at radius 2 is 1.86 bits per heavy atom. The molecule has 2 aromatic rings. The number of carbonyl (C=O) groups excluding carboxylic acids is 2. The second kappa shape index (κ2) is 9.02. The van der Waals surface area contributed by atoms with Gasteiger partial charge in [-0.15, -0.1) is 4.59 Å². The lowest BCUT2D eigenvalue weighted by Gasteiger charge is -2.26. The molecule has 0 bridgehead atoms. The molecular weight excluding hydrogens is 466 g/mol. The number of fused-ring (bicyclic) bond motifs is 2. The monoisotopic (exact) mass is 494 g/mol. The third kappa shape index (κ3) is 4.02. The SMILES string of the molecule is C=CC(=O)N1CC2CC(C3=C4C=NC=C[N+]4(N)C(c4ccc(C(=O)Nc5ccccn5)cc4)=N3)CC2C1. The van der Waals surface area contributed by atoms with Gasteiger partial charge in [0.15, 0.2) is 0 Å². The number of carbonyl (C=O) groups is 2. The maximum atomic E-state index is 12.7. The summed E-state index contributed by atoms with van der Waals surface area (Å²) in [6.45, 7) is 5.16. The summed E-state index contributed by atoms with van der Waals surface area (Å²) in [5, 5.41) is 2.80. The van der Waals surface area contributed by atoms with Crippen molar-refractivity contribution in [1.82, 2.24) is 9.88 Å². The van der Waals surface area contributed by atoms with E-state index in [1.807, 2.05) is 35.5 Å². The fourth-order valence-electron chi connectivity index (χ4n) is 5.93. The van der Waals surface area contributed by atoms with Gasteiger partial charge in [-0.05, 0) is 67.2 Å². The average Bonchev–Trinajstić information content (AvgIpc) is 3.58. The molecule has 4 heterocycles. The Hall–Kier alpha value is -4.21. The predicted octanol–water partition coefficient (Wildman–Crippen LogP) is 3.22. The minimum atomic E-state index is -0.235. The van der Waals surface area contributed by atoms with Gasteiger partial charge in [-0.1, -0.05) is 12.6 Å². The summed E-state index contributed by atoms with van der Waals surface area (Å²) >= 11 is 0. The molecule has 37 heavy (non-hydrogen) atoms. The van der Waals surface area contributed by atoms with Gasteiger partial charge in [0.2, 0.25) is 11.6 Å². The van der Waals surface area contributed by atoms with Gasteiger partial charge < -0.3 is 10.2 Å². The van der Waals surface area contributed by atoms with E-state index in [0.29, 0.717) is 29.1 Å². The molecule has 4 aliphatic rings. The standard InChI is InChI=1S/C28H27N7O2/c1-2-25(36)34-16-21-13-20(14-22(21)17-34)26-23-15-30-11-12-35(23,29)27(33-26)18-6-8-19(9-7-18)28(37)32-24-5-3-4-10-31-24/h2-12,15,20-22H,1,13-14,16-17,29H2/p+1. The first kappa shape index (κ1) is 23.2. The molecule has 3 atom stereocenters. The van der Waals surface area contributed by atoms with E-state index in [4.69, 9.17) is 10.8 Å². The van der Waals surface area contributed by atoms with Crippen molar-refractivity contribution in [2.24, 2.45) is 33.6 Å². The molecule has 3 aliphatic heterocycles. The van der Waals surface area contributed by atoms with Gasteiger partial charge in [0.1, 0.15) is 17.7 Å². The van der Waals surface area contributed by atoms with Crippen LogP contribution in [0.1, 0.15) is 28.8 Å². The van der Waals surface area contributed by atoms with Crippen molar-refractivity contribution in [1.29, 1.82) is 0 Å². The number of aromatic nitrogens is 1. The van der Waals surface area contributed by atoms with Crippen LogP contribution in [0.4, 0.5) is 5.82 Å². The fraction of sp³-hybridized carbons (Fsp3) is 0.250. The van der Waals surface area contributed by atoms with E-state index in [1.165, 1.54) is 6.08 Å². The number of allylic oxidation sites excluding steroid dienone is 2. The zero-order valence-corrected chi connectivity index (χ0v) is 20.3. The Kier molecular flexibility index (Phi) is 5.66. The molecular formula is C28H28N7O2+. The predicted molar refractivity (Wildman–Crippen MR) is 141 cm³/mol. The zero-order valence-electron chi connectivity index (χ0n) is 20.3. The summed E-state index contributed by atoms with van der Waals surface area (Å²) in [5.41, 5.74) is 3.20. The molecule has 6 rings (SSSR count). The second-order valence-electron chi connectivity index (χ2n) is 9.94. The number of hydrogen-bond donors (Lipinski definition) is 2. The highest BCUT2D eigenvalue weighted by molar-refractivity contribution is 6.05. The smallest absolute Gasteiger partial charge is 0.264 e. The van der Waals surface area contributed by atoms with Gasteiger partial charge in [0.05, 0.1) is 18.0 Å². The lowest BCUT2D eigenvalue weighted by Crippen LogP contribution is -2.53. The van der Waals surface area contributed by atoms with Crippen LogP contribution in [-0.2, 0) is 4.79 Å². The van der Waals surface area contributed by atoms with Crippen LogP contribution in [-0.4, -0.2) is 51.4 Å². The molecule has 2 amide bonds. The molecule has 3 N–H and O–H groups in total. The van der Waals surface area contributed by atoms with E-state index in [2.05, 4.69) is 21.9 Å². The molecule has 0 radical (unpaired) electrons. The molecule has 3 unspecified atom stereocenters. The van der Waals surface area contributed by atoms with Crippen LogP contribution in [0, 0.1) is 17.8 Å². The third-order valence-electron chi connectivity index (χ3n) is 7.76. The average molecular weight is 495 g/mol. The first-order valence-corrected chi connectivity index (χ1v) is 12.4. The Morgan fingerprint density at radius 3 is 2.54 bits per heavy atom. The number of amides is 2. The summed E-state index contributed by atoms with van der Waals surface area (Å²) in [5.74, 6) is 9.04. The Balaban J connectivity index is 1.24. The fourth-order valence-corrected chi connectivity index (χ4v) is 5.93. The van der Waals surface area contributed by atoms with Crippen molar-refractivity contribution >= 4 is 29.7 Å². The van der Waals surface area contributed by atoms with Crippen LogP contribution in [0.2, 0.25) is 0 Å². The molecule has 0 spiro atoms. The van der Waals surface area contributed by atoms with Crippen LogP contribution < -0.4 is 11.2 Å². The Labute approximate surface area is 215 Å². The summed E-state index contributed by atoms with van der Waals surface area (Å²) in [7, 11) is 0. The number of hydrogen-bond acceptors (Lipinski definition) is 6. The molecule has 1 saturated heterocycles. The molecule has 1 aromatic carbocycles. The first-order chi connectivity index (χ1) is 18.0. The van der Waals surface area contributed by atoms with Crippen LogP contribution in [0.3, 0.4) is 0 Å². The number of nitrogens with zero attached hydrogens (tertiary/aromatic N) is 5.